The van der Waals surface area contributed by atoms with Crippen molar-refractivity contribution in [1.29, 1.82) is 0 Å². The van der Waals surface area contributed by atoms with Gasteiger partial charge in [-0.3, -0.25) is 29.7 Å². The molecular formula is C10H11N5O6. The smallest absolute Gasteiger partial charge is 0.312 e. The second-order valence-corrected chi connectivity index (χ2v) is 3.91. The van der Waals surface area contributed by atoms with Crippen molar-refractivity contribution >= 4 is 5.69 Å². The lowest BCUT2D eigenvalue weighted by molar-refractivity contribution is -0.387. The van der Waals surface area contributed by atoms with Gasteiger partial charge in [-0.15, -0.1) is 0 Å². The van der Waals surface area contributed by atoms with Crippen LogP contribution in [-0.2, 0) is 0 Å². The number of aromatic nitrogens is 4. The number of nitrogens with zero attached hydrogens (tertiary/aromatic N) is 1. The van der Waals surface area contributed by atoms with Gasteiger partial charge in [-0.25, -0.2) is 9.59 Å². The molecule has 2 aromatic heterocycles. The van der Waals surface area contributed by atoms with Crippen LogP contribution in [0.4, 0.5) is 5.69 Å². The van der Waals surface area contributed by atoms with Gasteiger partial charge in [-0.2, -0.15) is 0 Å². The van der Waals surface area contributed by atoms with E-state index in [1.165, 1.54) is 13.0 Å². The van der Waals surface area contributed by atoms with E-state index in [1.54, 1.807) is 11.9 Å². The summed E-state index contributed by atoms with van der Waals surface area (Å²) in [6.07, 6.45) is 0. The zero-order valence-corrected chi connectivity index (χ0v) is 11.0. The number of aromatic amines is 4. The summed E-state index contributed by atoms with van der Waals surface area (Å²) in [4.78, 5) is 59.9. The summed E-state index contributed by atoms with van der Waals surface area (Å²) in [5, 5.41) is 10.2. The van der Waals surface area contributed by atoms with Gasteiger partial charge in [-0.1, -0.05) is 0 Å². The summed E-state index contributed by atoms with van der Waals surface area (Å²) in [5.74, 6) is 0. The Hall–Kier alpha value is -3.24. The Balaban J connectivity index is 0.000000219. The fourth-order valence-corrected chi connectivity index (χ4v) is 1.40. The molecule has 112 valence electrons. The summed E-state index contributed by atoms with van der Waals surface area (Å²) in [6.45, 7) is 2.94. The van der Waals surface area contributed by atoms with Gasteiger partial charge in [0.1, 0.15) is 5.69 Å². The third-order valence-corrected chi connectivity index (χ3v) is 2.18. The van der Waals surface area contributed by atoms with E-state index in [0.717, 1.165) is 0 Å². The second kappa shape index (κ2) is 6.27. The van der Waals surface area contributed by atoms with E-state index >= 15 is 0 Å². The molecule has 4 N–H and O–H groups in total. The highest BCUT2D eigenvalue weighted by molar-refractivity contribution is 5.29. The summed E-state index contributed by atoms with van der Waals surface area (Å²) in [7, 11) is 0. The molecule has 11 nitrogen and oxygen atoms in total. The molecule has 0 bridgehead atoms. The predicted octanol–water partition coefficient (Wildman–Crippen LogP) is -1.35. The molecule has 2 rings (SSSR count). The Kier molecular flexibility index (Phi) is 4.72. The monoisotopic (exact) mass is 297 g/mol. The third kappa shape index (κ3) is 4.41. The van der Waals surface area contributed by atoms with E-state index in [4.69, 9.17) is 0 Å². The van der Waals surface area contributed by atoms with Gasteiger partial charge < -0.3 is 9.97 Å². The van der Waals surface area contributed by atoms with Crippen molar-refractivity contribution in [2.45, 2.75) is 13.8 Å². The van der Waals surface area contributed by atoms with Crippen LogP contribution in [0, 0.1) is 24.0 Å². The van der Waals surface area contributed by atoms with Crippen LogP contribution in [-0.4, -0.2) is 24.9 Å². The predicted molar refractivity (Wildman–Crippen MR) is 71.5 cm³/mol. The topological polar surface area (TPSA) is 175 Å². The van der Waals surface area contributed by atoms with Crippen molar-refractivity contribution in [3.63, 3.8) is 0 Å². The number of rotatable bonds is 1. The van der Waals surface area contributed by atoms with E-state index in [1.807, 2.05) is 4.98 Å². The van der Waals surface area contributed by atoms with Gasteiger partial charge >= 0.3 is 22.6 Å². The van der Waals surface area contributed by atoms with Gasteiger partial charge in [0.2, 0.25) is 0 Å². The molecule has 0 aliphatic rings. The van der Waals surface area contributed by atoms with Crippen LogP contribution < -0.4 is 22.5 Å². The average molecular weight is 297 g/mol. The number of hydrogen-bond donors (Lipinski definition) is 4. The van der Waals surface area contributed by atoms with Gasteiger partial charge in [0.25, 0.3) is 5.56 Å². The molecule has 0 atom stereocenters. The highest BCUT2D eigenvalue weighted by Gasteiger charge is 2.16. The molecule has 0 saturated heterocycles. The van der Waals surface area contributed by atoms with Crippen molar-refractivity contribution in [2.75, 3.05) is 0 Å². The molecule has 0 saturated carbocycles. The van der Waals surface area contributed by atoms with Crippen LogP contribution >= 0.6 is 0 Å². The molecule has 0 aromatic carbocycles. The summed E-state index contributed by atoms with van der Waals surface area (Å²) >= 11 is 0. The molecule has 0 radical (unpaired) electrons. The summed E-state index contributed by atoms with van der Waals surface area (Å²) < 4.78 is 0. The van der Waals surface area contributed by atoms with E-state index in [2.05, 4.69) is 9.97 Å². The molecule has 0 spiro atoms. The van der Waals surface area contributed by atoms with Gasteiger partial charge in [-0.05, 0) is 13.8 Å². The highest BCUT2D eigenvalue weighted by Crippen LogP contribution is 2.03. The lowest BCUT2D eigenvalue weighted by Gasteiger charge is -1.92. The molecule has 2 aromatic rings. The van der Waals surface area contributed by atoms with Crippen molar-refractivity contribution in [3.8, 4) is 0 Å². The van der Waals surface area contributed by atoms with E-state index in [9.17, 15) is 29.3 Å². The average Bonchev–Trinajstić information content (AvgIpc) is 2.24. The first-order valence-electron chi connectivity index (χ1n) is 5.48. The maximum atomic E-state index is 10.8. The Morgan fingerprint density at radius 1 is 0.952 bits per heavy atom. The van der Waals surface area contributed by atoms with Crippen molar-refractivity contribution in [1.82, 2.24) is 19.9 Å². The van der Waals surface area contributed by atoms with Gasteiger partial charge in [0.15, 0.2) is 0 Å². The van der Waals surface area contributed by atoms with E-state index in [-0.39, 0.29) is 11.3 Å². The minimum Gasteiger partial charge on any atom is -0.312 e. The van der Waals surface area contributed by atoms with Crippen molar-refractivity contribution in [3.05, 3.63) is 69.2 Å². The maximum Gasteiger partial charge on any atom is 0.352 e. The zero-order valence-electron chi connectivity index (χ0n) is 11.0. The van der Waals surface area contributed by atoms with Crippen LogP contribution in [0.5, 0.6) is 0 Å². The van der Waals surface area contributed by atoms with Crippen LogP contribution in [0.15, 0.2) is 25.2 Å². The SMILES string of the molecule is Cc1[nH]c(=O)[nH]c(=O)c1[N+](=O)[O-].Cc1cc(=O)[nH]c(=O)[nH]1. The standard InChI is InChI=1S/C5H5N3O4.C5H6N2O2/c1-2-3(8(11)12)4(9)7-5(10)6-2;1-3-2-4(8)7-5(9)6-3/h1H3,(H2,6,7,9,10);2H,1H3,(H2,6,7,8,9). The first kappa shape index (κ1) is 15.8. The molecule has 2 heterocycles. The van der Waals surface area contributed by atoms with Crippen LogP contribution in [0.2, 0.25) is 0 Å². The number of nitro groups is 1. The molecule has 0 fully saturated rings. The summed E-state index contributed by atoms with van der Waals surface area (Å²) in [5.41, 5.74) is -2.66. The maximum absolute atomic E-state index is 10.8. The molecule has 0 unspecified atom stereocenters. The molecule has 21 heavy (non-hydrogen) atoms. The molecule has 0 aliphatic heterocycles. The second-order valence-electron chi connectivity index (χ2n) is 3.91. The van der Waals surface area contributed by atoms with Gasteiger partial charge in [0, 0.05) is 11.8 Å². The van der Waals surface area contributed by atoms with Crippen LogP contribution in [0.1, 0.15) is 11.4 Å². The number of nitrogens with one attached hydrogen (secondary N) is 4. The fourth-order valence-electron chi connectivity index (χ4n) is 1.40. The Morgan fingerprint density at radius 3 is 1.95 bits per heavy atom. The first-order valence-corrected chi connectivity index (χ1v) is 5.48. The Morgan fingerprint density at radius 2 is 1.52 bits per heavy atom. The minimum absolute atomic E-state index is 0.0475. The van der Waals surface area contributed by atoms with Crippen LogP contribution in [0.25, 0.3) is 0 Å². The van der Waals surface area contributed by atoms with E-state index < -0.39 is 27.5 Å². The fraction of sp³-hybridized carbons (Fsp3) is 0.200. The normalized spacial score (nSPS) is 9.62. The van der Waals surface area contributed by atoms with Gasteiger partial charge in [0.05, 0.1) is 4.92 Å². The number of H-pyrrole nitrogens is 4. The lowest BCUT2D eigenvalue weighted by atomic mass is 10.4. The first-order chi connectivity index (χ1) is 9.70. The molecule has 0 amide bonds. The number of hydrogen-bond acceptors (Lipinski definition) is 6. The third-order valence-electron chi connectivity index (χ3n) is 2.18. The minimum atomic E-state index is -0.985. The molecule has 11 heteroatoms. The van der Waals surface area contributed by atoms with Crippen LogP contribution in [0.3, 0.4) is 0 Å². The summed E-state index contributed by atoms with van der Waals surface area (Å²) in [6, 6.07) is 1.32. The molecular weight excluding hydrogens is 286 g/mol. The highest BCUT2D eigenvalue weighted by atomic mass is 16.6. The van der Waals surface area contributed by atoms with Crippen molar-refractivity contribution < 1.29 is 4.92 Å². The Labute approximate surface area is 114 Å². The molecule has 0 aliphatic carbocycles. The lowest BCUT2D eigenvalue weighted by Crippen LogP contribution is -2.25. The Bertz CT molecular complexity index is 858. The zero-order chi connectivity index (χ0) is 16.2. The quantitative estimate of drug-likeness (QED) is 0.373. The van der Waals surface area contributed by atoms with E-state index in [0.29, 0.717) is 5.69 Å². The number of aryl methyl sites for hydroxylation is 2. The van der Waals surface area contributed by atoms with Crippen molar-refractivity contribution in [2.24, 2.45) is 0 Å². The largest absolute Gasteiger partial charge is 0.352 e.